The summed E-state index contributed by atoms with van der Waals surface area (Å²) in [5.41, 5.74) is 2.30. The van der Waals surface area contributed by atoms with Gasteiger partial charge in [-0.3, -0.25) is 4.79 Å². The first-order valence-electron chi connectivity index (χ1n) is 6.75. The van der Waals surface area contributed by atoms with Gasteiger partial charge >= 0.3 is 0 Å². The summed E-state index contributed by atoms with van der Waals surface area (Å²) in [4.78, 5) is 11.3. The van der Waals surface area contributed by atoms with Crippen LogP contribution < -0.4 is 0 Å². The van der Waals surface area contributed by atoms with Crippen LogP contribution in [0.2, 0.25) is 0 Å². The third-order valence-electron chi connectivity index (χ3n) is 2.67. The standard InChI is InChI=1S/C15H14O.C3H8/c1-3-15(16)10-12-5-7-13-8-11(2)4-6-14(13)9-12;1-3-2/h3-9H,1,10H2,2H3;3H2,1-2H3. The van der Waals surface area contributed by atoms with Gasteiger partial charge in [-0.1, -0.05) is 68.8 Å². The van der Waals surface area contributed by atoms with E-state index in [9.17, 15) is 4.79 Å². The van der Waals surface area contributed by atoms with Crippen molar-refractivity contribution in [2.24, 2.45) is 0 Å². The van der Waals surface area contributed by atoms with E-state index in [-0.39, 0.29) is 5.78 Å². The summed E-state index contributed by atoms with van der Waals surface area (Å²) in [6.45, 7) is 9.81. The Morgan fingerprint density at radius 2 is 1.68 bits per heavy atom. The number of fused-ring (bicyclic) bond motifs is 1. The lowest BCUT2D eigenvalue weighted by atomic mass is 10.0. The molecule has 0 unspecified atom stereocenters. The largest absolute Gasteiger partial charge is 0.295 e. The molecule has 0 aliphatic heterocycles. The van der Waals surface area contributed by atoms with Gasteiger partial charge in [0.1, 0.15) is 0 Å². The molecule has 0 amide bonds. The third-order valence-corrected chi connectivity index (χ3v) is 2.67. The van der Waals surface area contributed by atoms with Crippen LogP contribution in [0, 0.1) is 6.92 Å². The van der Waals surface area contributed by atoms with Crippen molar-refractivity contribution in [3.63, 3.8) is 0 Å². The molecule has 2 aromatic carbocycles. The number of benzene rings is 2. The Morgan fingerprint density at radius 1 is 1.11 bits per heavy atom. The van der Waals surface area contributed by atoms with Crippen LogP contribution in [0.1, 0.15) is 31.4 Å². The summed E-state index contributed by atoms with van der Waals surface area (Å²) in [7, 11) is 0. The van der Waals surface area contributed by atoms with Crippen LogP contribution in [0.3, 0.4) is 0 Å². The second-order valence-corrected chi connectivity index (χ2v) is 4.74. The molecule has 0 heterocycles. The predicted octanol–water partition coefficient (Wildman–Crippen LogP) is 4.86. The average Bonchev–Trinajstić information content (AvgIpc) is 2.39. The summed E-state index contributed by atoms with van der Waals surface area (Å²) in [6, 6.07) is 12.5. The predicted molar refractivity (Wildman–Crippen MR) is 83.6 cm³/mol. The van der Waals surface area contributed by atoms with E-state index < -0.39 is 0 Å². The zero-order chi connectivity index (χ0) is 14.3. The summed E-state index contributed by atoms with van der Waals surface area (Å²) >= 11 is 0. The van der Waals surface area contributed by atoms with Crippen LogP contribution in [0.25, 0.3) is 10.8 Å². The summed E-state index contributed by atoms with van der Waals surface area (Å²) in [5.74, 6) is 0.0615. The molecular weight excluding hydrogens is 232 g/mol. The maximum Gasteiger partial charge on any atom is 0.159 e. The summed E-state index contributed by atoms with van der Waals surface area (Å²) in [5, 5.41) is 2.40. The first-order valence-corrected chi connectivity index (χ1v) is 6.75. The molecule has 2 rings (SSSR count). The average molecular weight is 254 g/mol. The lowest BCUT2D eigenvalue weighted by Gasteiger charge is -2.03. The maximum atomic E-state index is 11.3. The lowest BCUT2D eigenvalue weighted by molar-refractivity contribution is -0.114. The minimum Gasteiger partial charge on any atom is -0.295 e. The molecule has 0 saturated carbocycles. The molecule has 1 nitrogen and oxygen atoms in total. The Balaban J connectivity index is 0.000000550. The smallest absolute Gasteiger partial charge is 0.159 e. The molecule has 0 fully saturated rings. The van der Waals surface area contributed by atoms with Crippen LogP contribution in [0.4, 0.5) is 0 Å². The number of ketones is 1. The number of carbonyl (C=O) groups excluding carboxylic acids is 1. The van der Waals surface area contributed by atoms with Crippen molar-refractivity contribution < 1.29 is 4.79 Å². The lowest BCUT2D eigenvalue weighted by Crippen LogP contribution is -1.97. The SMILES string of the molecule is C=CC(=O)Cc1ccc2cc(C)ccc2c1.CCC. The topological polar surface area (TPSA) is 17.1 Å². The summed E-state index contributed by atoms with van der Waals surface area (Å²) in [6.07, 6.45) is 3.06. The zero-order valence-corrected chi connectivity index (χ0v) is 12.1. The zero-order valence-electron chi connectivity index (χ0n) is 12.1. The second kappa shape index (κ2) is 7.52. The third kappa shape index (κ3) is 4.70. The van der Waals surface area contributed by atoms with Crippen LogP contribution in [0.15, 0.2) is 49.1 Å². The molecule has 0 atom stereocenters. The van der Waals surface area contributed by atoms with Crippen molar-refractivity contribution in [3.05, 3.63) is 60.2 Å². The first kappa shape index (κ1) is 15.2. The monoisotopic (exact) mass is 254 g/mol. The van der Waals surface area contributed by atoms with Gasteiger partial charge in [-0.05, 0) is 29.3 Å². The molecule has 1 heteroatoms. The summed E-state index contributed by atoms with van der Waals surface area (Å²) < 4.78 is 0. The molecule has 0 saturated heterocycles. The molecule has 0 aliphatic rings. The molecule has 0 bridgehead atoms. The van der Waals surface area contributed by atoms with E-state index in [1.54, 1.807) is 0 Å². The highest BCUT2D eigenvalue weighted by Gasteiger charge is 2.00. The van der Waals surface area contributed by atoms with Gasteiger partial charge < -0.3 is 0 Å². The number of rotatable bonds is 3. The van der Waals surface area contributed by atoms with Gasteiger partial charge in [0.05, 0.1) is 0 Å². The molecule has 0 radical (unpaired) electrons. The fourth-order valence-electron chi connectivity index (χ4n) is 1.80. The van der Waals surface area contributed by atoms with Gasteiger partial charge in [0, 0.05) is 6.42 Å². The maximum absolute atomic E-state index is 11.3. The van der Waals surface area contributed by atoms with Crippen molar-refractivity contribution >= 4 is 16.6 Å². The van der Waals surface area contributed by atoms with Crippen molar-refractivity contribution in [3.8, 4) is 0 Å². The Kier molecular flexibility index (Phi) is 6.01. The Morgan fingerprint density at radius 3 is 2.32 bits per heavy atom. The molecule has 0 spiro atoms. The molecule has 2 aromatic rings. The van der Waals surface area contributed by atoms with E-state index in [2.05, 4.69) is 57.7 Å². The van der Waals surface area contributed by atoms with Crippen LogP contribution >= 0.6 is 0 Å². The van der Waals surface area contributed by atoms with Crippen molar-refractivity contribution in [2.75, 3.05) is 0 Å². The van der Waals surface area contributed by atoms with Gasteiger partial charge in [-0.2, -0.15) is 0 Å². The number of allylic oxidation sites excluding steroid dienone is 1. The number of hydrogen-bond acceptors (Lipinski definition) is 1. The molecule has 0 N–H and O–H groups in total. The fourth-order valence-corrected chi connectivity index (χ4v) is 1.80. The van der Waals surface area contributed by atoms with Gasteiger partial charge in [0.15, 0.2) is 5.78 Å². The van der Waals surface area contributed by atoms with Crippen molar-refractivity contribution in [1.29, 1.82) is 0 Å². The van der Waals surface area contributed by atoms with Crippen LogP contribution in [-0.2, 0) is 11.2 Å². The van der Waals surface area contributed by atoms with E-state index >= 15 is 0 Å². The van der Waals surface area contributed by atoms with E-state index in [1.165, 1.54) is 28.8 Å². The normalized spacial score (nSPS) is 9.63. The first-order chi connectivity index (χ1) is 9.10. The van der Waals surface area contributed by atoms with E-state index in [0.717, 1.165) is 5.56 Å². The Hall–Kier alpha value is -1.89. The number of carbonyl (C=O) groups is 1. The van der Waals surface area contributed by atoms with Crippen LogP contribution in [0.5, 0.6) is 0 Å². The second-order valence-electron chi connectivity index (χ2n) is 4.74. The molecule has 0 aliphatic carbocycles. The Labute approximate surface area is 116 Å². The minimum absolute atomic E-state index is 0.0615. The fraction of sp³-hybridized carbons (Fsp3) is 0.278. The molecule has 100 valence electrons. The Bertz CT molecular complexity index is 567. The highest BCUT2D eigenvalue weighted by molar-refractivity contribution is 5.92. The van der Waals surface area contributed by atoms with Gasteiger partial charge in [-0.25, -0.2) is 0 Å². The van der Waals surface area contributed by atoms with E-state index in [1.807, 2.05) is 6.07 Å². The molecule has 19 heavy (non-hydrogen) atoms. The quantitative estimate of drug-likeness (QED) is 0.715. The van der Waals surface area contributed by atoms with Crippen molar-refractivity contribution in [2.45, 2.75) is 33.6 Å². The minimum atomic E-state index is 0.0615. The highest BCUT2D eigenvalue weighted by Crippen LogP contribution is 2.18. The molecule has 0 aromatic heterocycles. The van der Waals surface area contributed by atoms with Crippen molar-refractivity contribution in [1.82, 2.24) is 0 Å². The van der Waals surface area contributed by atoms with Crippen LogP contribution in [-0.4, -0.2) is 5.78 Å². The van der Waals surface area contributed by atoms with E-state index in [4.69, 9.17) is 0 Å². The van der Waals surface area contributed by atoms with Gasteiger partial charge in [-0.15, -0.1) is 0 Å². The molecular formula is C18H22O. The number of hydrogen-bond donors (Lipinski definition) is 0. The van der Waals surface area contributed by atoms with Gasteiger partial charge in [0.25, 0.3) is 0 Å². The highest BCUT2D eigenvalue weighted by atomic mass is 16.1. The number of aryl methyl sites for hydroxylation is 1. The van der Waals surface area contributed by atoms with Gasteiger partial charge in [0.2, 0.25) is 0 Å². The van der Waals surface area contributed by atoms with E-state index in [0.29, 0.717) is 6.42 Å².